The van der Waals surface area contributed by atoms with E-state index in [1.165, 1.54) is 17.7 Å². The lowest BCUT2D eigenvalue weighted by atomic mass is 9.90. The Hall–Kier alpha value is -3.94. The van der Waals surface area contributed by atoms with E-state index < -0.39 is 0 Å². The standard InChI is InChI=1S/C31H26FNO/c1-21-7-6-11-28(27-10-4-3-9-26(21)27)31(34)18-13-22-8-2-5-12-29-24(19-22)20-30(33-29)23-14-16-25(32)17-15-23/h2-4,6,8-10,13-21,33H,5,7,12H2,1H3. The van der Waals surface area contributed by atoms with Gasteiger partial charge < -0.3 is 4.98 Å². The van der Waals surface area contributed by atoms with Gasteiger partial charge in [0.1, 0.15) is 5.82 Å². The summed E-state index contributed by atoms with van der Waals surface area (Å²) in [4.78, 5) is 16.7. The third kappa shape index (κ3) is 4.57. The summed E-state index contributed by atoms with van der Waals surface area (Å²) in [7, 11) is 0. The molecule has 0 aliphatic heterocycles. The largest absolute Gasteiger partial charge is 0.358 e. The van der Waals surface area contributed by atoms with Gasteiger partial charge >= 0.3 is 0 Å². The van der Waals surface area contributed by atoms with Crippen LogP contribution in [0.3, 0.4) is 0 Å². The van der Waals surface area contributed by atoms with E-state index in [1.807, 2.05) is 30.4 Å². The van der Waals surface area contributed by atoms with Gasteiger partial charge in [-0.2, -0.15) is 0 Å². The van der Waals surface area contributed by atoms with Gasteiger partial charge in [0.25, 0.3) is 0 Å². The molecule has 1 unspecified atom stereocenters. The topological polar surface area (TPSA) is 32.9 Å². The number of aromatic nitrogens is 1. The minimum Gasteiger partial charge on any atom is -0.358 e. The number of allylic oxidation sites excluding steroid dienone is 6. The fourth-order valence-corrected chi connectivity index (χ4v) is 4.57. The van der Waals surface area contributed by atoms with Crippen LogP contribution in [-0.4, -0.2) is 10.8 Å². The average molecular weight is 448 g/mol. The minimum absolute atomic E-state index is 0.0459. The number of benzene rings is 2. The van der Waals surface area contributed by atoms with Gasteiger partial charge in [-0.1, -0.05) is 49.4 Å². The Labute approximate surface area is 199 Å². The van der Waals surface area contributed by atoms with Crippen LogP contribution in [0.1, 0.15) is 48.1 Å². The van der Waals surface area contributed by atoms with Gasteiger partial charge in [0.05, 0.1) is 5.57 Å². The maximum atomic E-state index is 13.3. The van der Waals surface area contributed by atoms with Crippen molar-refractivity contribution < 1.29 is 9.18 Å². The predicted octanol–water partition coefficient (Wildman–Crippen LogP) is 7.58. The molecule has 3 heteroatoms. The molecule has 34 heavy (non-hydrogen) atoms. The molecule has 2 aliphatic carbocycles. The lowest BCUT2D eigenvalue weighted by molar-refractivity contribution is -0.109. The van der Waals surface area contributed by atoms with Crippen LogP contribution in [0.2, 0.25) is 0 Å². The van der Waals surface area contributed by atoms with E-state index in [0.717, 1.165) is 52.9 Å². The van der Waals surface area contributed by atoms with Crippen molar-refractivity contribution in [2.24, 2.45) is 0 Å². The summed E-state index contributed by atoms with van der Waals surface area (Å²) in [6, 6.07) is 16.7. The summed E-state index contributed by atoms with van der Waals surface area (Å²) in [5.41, 5.74) is 11.1. The maximum Gasteiger partial charge on any atom is 0.194 e. The van der Waals surface area contributed by atoms with Crippen LogP contribution in [0, 0.1) is 5.82 Å². The number of carbonyl (C=O) groups excluding carboxylic acids is 1. The quantitative estimate of drug-likeness (QED) is 0.324. The molecule has 0 saturated carbocycles. The number of fused-ring (bicyclic) bond motifs is 2. The van der Waals surface area contributed by atoms with Crippen LogP contribution >= 0.6 is 0 Å². The highest BCUT2D eigenvalue weighted by atomic mass is 19.1. The molecular formula is C31H26FNO. The van der Waals surface area contributed by atoms with Gasteiger partial charge in [0, 0.05) is 11.4 Å². The van der Waals surface area contributed by atoms with Crippen molar-refractivity contribution in [1.29, 1.82) is 0 Å². The molecule has 2 aliphatic rings. The van der Waals surface area contributed by atoms with Crippen LogP contribution in [0.5, 0.6) is 0 Å². The number of aromatic amines is 1. The number of carbonyl (C=O) groups is 1. The Bertz CT molecular complexity index is 1390. The zero-order valence-electron chi connectivity index (χ0n) is 19.1. The molecule has 3 aromatic rings. The Morgan fingerprint density at radius 1 is 1.15 bits per heavy atom. The second kappa shape index (κ2) is 9.51. The fourth-order valence-electron chi connectivity index (χ4n) is 4.57. The molecule has 1 N–H and O–H groups in total. The molecule has 0 radical (unpaired) electrons. The lowest BCUT2D eigenvalue weighted by Crippen LogP contribution is -2.02. The van der Waals surface area contributed by atoms with Crippen LogP contribution in [0.4, 0.5) is 4.39 Å². The van der Waals surface area contributed by atoms with Crippen molar-refractivity contribution in [2.75, 3.05) is 0 Å². The number of hydrogen-bond acceptors (Lipinski definition) is 1. The van der Waals surface area contributed by atoms with E-state index in [1.54, 1.807) is 18.2 Å². The number of hydrogen-bond donors (Lipinski definition) is 1. The van der Waals surface area contributed by atoms with Gasteiger partial charge in [-0.3, -0.25) is 4.79 Å². The van der Waals surface area contributed by atoms with Gasteiger partial charge in [-0.05, 0) is 102 Å². The summed E-state index contributed by atoms with van der Waals surface area (Å²) in [6.45, 7) is 2.18. The van der Waals surface area contributed by atoms with E-state index in [-0.39, 0.29) is 11.6 Å². The third-order valence-electron chi connectivity index (χ3n) is 6.43. The first kappa shape index (κ1) is 21.9. The van der Waals surface area contributed by atoms with Crippen molar-refractivity contribution >= 4 is 17.4 Å². The van der Waals surface area contributed by atoms with Crippen molar-refractivity contribution in [3.8, 4) is 11.3 Å². The molecule has 168 valence electrons. The van der Waals surface area contributed by atoms with E-state index in [4.69, 9.17) is 0 Å². The molecular weight excluding hydrogens is 421 g/mol. The molecule has 1 heterocycles. The Morgan fingerprint density at radius 3 is 2.82 bits per heavy atom. The van der Waals surface area contributed by atoms with Gasteiger partial charge in [0.15, 0.2) is 5.78 Å². The molecule has 0 fully saturated rings. The second-order valence-corrected chi connectivity index (χ2v) is 8.85. The smallest absolute Gasteiger partial charge is 0.194 e. The number of rotatable bonds is 4. The van der Waals surface area contributed by atoms with E-state index >= 15 is 0 Å². The van der Waals surface area contributed by atoms with E-state index in [0.29, 0.717) is 11.5 Å². The van der Waals surface area contributed by atoms with Crippen molar-refractivity contribution in [3.05, 3.63) is 124 Å². The number of halogens is 1. The molecule has 0 spiro atoms. The molecule has 0 saturated heterocycles. The summed E-state index contributed by atoms with van der Waals surface area (Å²) >= 11 is 0. The first-order valence-corrected chi connectivity index (χ1v) is 11.7. The number of aryl methyl sites for hydroxylation is 1. The van der Waals surface area contributed by atoms with Crippen molar-refractivity contribution in [2.45, 2.75) is 32.1 Å². The van der Waals surface area contributed by atoms with Gasteiger partial charge in [-0.15, -0.1) is 5.73 Å². The molecule has 1 aromatic heterocycles. The normalized spacial score (nSPS) is 17.3. The van der Waals surface area contributed by atoms with Gasteiger partial charge in [-0.25, -0.2) is 4.39 Å². The summed E-state index contributed by atoms with van der Waals surface area (Å²) in [6.07, 6.45) is 14.4. The first-order valence-electron chi connectivity index (χ1n) is 11.7. The molecule has 2 nitrogen and oxygen atoms in total. The number of ketones is 1. The van der Waals surface area contributed by atoms with Crippen molar-refractivity contribution in [1.82, 2.24) is 4.98 Å². The predicted molar refractivity (Wildman–Crippen MR) is 137 cm³/mol. The first-order chi connectivity index (χ1) is 16.6. The van der Waals surface area contributed by atoms with Gasteiger partial charge in [0.2, 0.25) is 0 Å². The van der Waals surface area contributed by atoms with E-state index in [2.05, 4.69) is 48.0 Å². The summed E-state index contributed by atoms with van der Waals surface area (Å²) < 4.78 is 13.3. The molecule has 0 bridgehead atoms. The molecule has 5 rings (SSSR count). The average Bonchev–Trinajstić information content (AvgIpc) is 3.13. The molecule has 1 atom stereocenters. The highest BCUT2D eigenvalue weighted by Gasteiger charge is 2.18. The maximum absolute atomic E-state index is 13.3. The lowest BCUT2D eigenvalue weighted by Gasteiger charge is -2.13. The monoisotopic (exact) mass is 447 g/mol. The van der Waals surface area contributed by atoms with Crippen LogP contribution < -0.4 is 0 Å². The highest BCUT2D eigenvalue weighted by Crippen LogP contribution is 2.31. The minimum atomic E-state index is -0.245. The SMILES string of the molecule is CC1CC=C=C(C(=O)C=CC2=Cc3cc(-c4ccc(F)cc4)[nH]c3CCC=C2)c2ccccc21. The van der Waals surface area contributed by atoms with Crippen LogP contribution in [0.25, 0.3) is 22.9 Å². The fraction of sp³-hybridized carbons (Fsp3) is 0.161. The molecule has 2 aromatic carbocycles. The second-order valence-electron chi connectivity index (χ2n) is 8.85. The third-order valence-corrected chi connectivity index (χ3v) is 6.43. The van der Waals surface area contributed by atoms with Crippen molar-refractivity contribution in [3.63, 3.8) is 0 Å². The number of nitrogens with one attached hydrogen (secondary N) is 1. The molecule has 0 amide bonds. The summed E-state index contributed by atoms with van der Waals surface area (Å²) in [5, 5.41) is 0. The Balaban J connectivity index is 1.44. The summed E-state index contributed by atoms with van der Waals surface area (Å²) in [5.74, 6) is 0.0672. The zero-order chi connectivity index (χ0) is 23.5. The van der Waals surface area contributed by atoms with Crippen LogP contribution in [0.15, 0.2) is 96.3 Å². The Kier molecular flexibility index (Phi) is 6.12. The van der Waals surface area contributed by atoms with Crippen LogP contribution in [-0.2, 0) is 11.2 Å². The highest BCUT2D eigenvalue weighted by molar-refractivity contribution is 6.26. The zero-order valence-corrected chi connectivity index (χ0v) is 19.1. The number of H-pyrrole nitrogens is 1. The van der Waals surface area contributed by atoms with E-state index in [9.17, 15) is 9.18 Å². The Morgan fingerprint density at radius 2 is 1.97 bits per heavy atom.